The van der Waals surface area contributed by atoms with Gasteiger partial charge in [0.25, 0.3) is 0 Å². The number of hydrazine groups is 1. The van der Waals surface area contributed by atoms with Crippen LogP contribution >= 0.6 is 11.6 Å². The molecule has 1 atom stereocenters. The van der Waals surface area contributed by atoms with Crippen molar-refractivity contribution in [2.45, 2.75) is 32.4 Å². The van der Waals surface area contributed by atoms with E-state index < -0.39 is 48.9 Å². The number of amides is 1. The molecule has 0 bridgehead atoms. The SMILES string of the molecule is CCCC(=O)OCOC(=O)[C@H](O)CN(Cc1ccc(-c2cc(Cl)ccc2F)cc1)NC(=O)c1cc(-c2ccccc2F)no1. The van der Waals surface area contributed by atoms with Crippen LogP contribution in [0, 0.1) is 11.6 Å². The highest BCUT2D eigenvalue weighted by molar-refractivity contribution is 6.30. The molecule has 13 heteroatoms. The van der Waals surface area contributed by atoms with E-state index in [9.17, 15) is 28.3 Å². The Morgan fingerprint density at radius 1 is 1.00 bits per heavy atom. The van der Waals surface area contributed by atoms with Crippen molar-refractivity contribution in [3.8, 4) is 22.4 Å². The van der Waals surface area contributed by atoms with Gasteiger partial charge in [0, 0.05) is 35.2 Å². The second-order valence-corrected chi connectivity index (χ2v) is 10.00. The molecular formula is C31H28ClF2N3O7. The Morgan fingerprint density at radius 3 is 2.45 bits per heavy atom. The predicted molar refractivity (Wildman–Crippen MR) is 155 cm³/mol. The summed E-state index contributed by atoms with van der Waals surface area (Å²) in [4.78, 5) is 36.9. The number of carbonyl (C=O) groups is 3. The predicted octanol–water partition coefficient (Wildman–Crippen LogP) is 5.29. The summed E-state index contributed by atoms with van der Waals surface area (Å²) < 4.78 is 43.3. The van der Waals surface area contributed by atoms with Crippen LogP contribution in [-0.4, -0.2) is 52.6 Å². The molecule has 2 N–H and O–H groups in total. The van der Waals surface area contributed by atoms with Crippen molar-refractivity contribution in [3.05, 3.63) is 101 Å². The average molecular weight is 628 g/mol. The van der Waals surface area contributed by atoms with E-state index in [-0.39, 0.29) is 30.0 Å². The molecule has 0 saturated heterocycles. The molecule has 1 aromatic heterocycles. The number of hydrogen-bond acceptors (Lipinski definition) is 9. The van der Waals surface area contributed by atoms with Crippen LogP contribution < -0.4 is 5.43 Å². The van der Waals surface area contributed by atoms with Gasteiger partial charge in [-0.25, -0.2) is 18.6 Å². The number of nitrogens with zero attached hydrogens (tertiary/aromatic N) is 2. The number of ether oxygens (including phenoxy) is 2. The lowest BCUT2D eigenvalue weighted by molar-refractivity contribution is -0.174. The number of aromatic nitrogens is 1. The lowest BCUT2D eigenvalue weighted by Crippen LogP contribution is -2.47. The molecule has 1 heterocycles. The fourth-order valence-electron chi connectivity index (χ4n) is 4.06. The number of hydrogen-bond donors (Lipinski definition) is 2. The first-order chi connectivity index (χ1) is 21.1. The van der Waals surface area contributed by atoms with Crippen LogP contribution in [0.25, 0.3) is 22.4 Å². The summed E-state index contributed by atoms with van der Waals surface area (Å²) in [5.41, 5.74) is 4.20. The fourth-order valence-corrected chi connectivity index (χ4v) is 4.24. The first-order valence-corrected chi connectivity index (χ1v) is 13.8. The van der Waals surface area contributed by atoms with E-state index >= 15 is 0 Å². The third-order valence-electron chi connectivity index (χ3n) is 6.25. The van der Waals surface area contributed by atoms with E-state index in [2.05, 4.69) is 10.6 Å². The largest absolute Gasteiger partial charge is 0.428 e. The maximum absolute atomic E-state index is 14.3. The number of rotatable bonds is 13. The number of benzene rings is 3. The van der Waals surface area contributed by atoms with Crippen molar-refractivity contribution in [2.24, 2.45) is 0 Å². The molecule has 230 valence electrons. The molecule has 3 aromatic carbocycles. The van der Waals surface area contributed by atoms with Crippen molar-refractivity contribution in [3.63, 3.8) is 0 Å². The fraction of sp³-hybridized carbons (Fsp3) is 0.226. The molecule has 1 amide bonds. The molecule has 0 unspecified atom stereocenters. The maximum atomic E-state index is 14.3. The minimum atomic E-state index is -1.76. The first-order valence-electron chi connectivity index (χ1n) is 13.5. The number of halogens is 3. The molecule has 0 aliphatic carbocycles. The third kappa shape index (κ3) is 8.69. The van der Waals surface area contributed by atoms with Gasteiger partial charge in [-0.05, 0) is 47.9 Å². The van der Waals surface area contributed by atoms with Crippen molar-refractivity contribution in [2.75, 3.05) is 13.3 Å². The summed E-state index contributed by atoms with van der Waals surface area (Å²) in [6.07, 6.45) is -1.07. The maximum Gasteiger partial charge on any atom is 0.339 e. The molecule has 44 heavy (non-hydrogen) atoms. The van der Waals surface area contributed by atoms with Gasteiger partial charge in [0.2, 0.25) is 12.6 Å². The van der Waals surface area contributed by atoms with Crippen molar-refractivity contribution in [1.82, 2.24) is 15.6 Å². The summed E-state index contributed by atoms with van der Waals surface area (Å²) in [7, 11) is 0. The zero-order chi connectivity index (χ0) is 31.6. The van der Waals surface area contributed by atoms with Crippen LogP contribution in [0.2, 0.25) is 5.02 Å². The lowest BCUT2D eigenvalue weighted by Gasteiger charge is -2.24. The van der Waals surface area contributed by atoms with Crippen molar-refractivity contribution >= 4 is 29.4 Å². The van der Waals surface area contributed by atoms with E-state index in [0.717, 1.165) is 0 Å². The van der Waals surface area contributed by atoms with Gasteiger partial charge in [-0.1, -0.05) is 60.1 Å². The summed E-state index contributed by atoms with van der Waals surface area (Å²) in [6, 6.07) is 17.9. The van der Waals surface area contributed by atoms with Gasteiger partial charge >= 0.3 is 17.8 Å². The number of esters is 2. The Hall–Kier alpha value is -4.65. The minimum absolute atomic E-state index is 0.0335. The van der Waals surface area contributed by atoms with Crippen molar-refractivity contribution in [1.29, 1.82) is 0 Å². The monoisotopic (exact) mass is 627 g/mol. The van der Waals surface area contributed by atoms with Gasteiger partial charge in [-0.15, -0.1) is 0 Å². The first kappa shape index (κ1) is 32.3. The van der Waals surface area contributed by atoms with Gasteiger partial charge in [0.1, 0.15) is 17.3 Å². The minimum Gasteiger partial charge on any atom is -0.428 e. The van der Waals surface area contributed by atoms with E-state index in [1.54, 1.807) is 37.3 Å². The zero-order valence-electron chi connectivity index (χ0n) is 23.5. The van der Waals surface area contributed by atoms with Crippen LogP contribution in [0.5, 0.6) is 0 Å². The Morgan fingerprint density at radius 2 is 1.73 bits per heavy atom. The normalized spacial score (nSPS) is 11.7. The van der Waals surface area contributed by atoms with Gasteiger partial charge in [0.05, 0.1) is 6.54 Å². The molecule has 0 aliphatic heterocycles. The third-order valence-corrected chi connectivity index (χ3v) is 6.49. The molecular weight excluding hydrogens is 600 g/mol. The molecule has 0 radical (unpaired) electrons. The molecule has 0 saturated carbocycles. The van der Waals surface area contributed by atoms with Gasteiger partial charge in [-0.3, -0.25) is 15.0 Å². The molecule has 10 nitrogen and oxygen atoms in total. The average Bonchev–Trinajstić information content (AvgIpc) is 3.49. The van der Waals surface area contributed by atoms with Crippen LogP contribution in [0.15, 0.2) is 77.3 Å². The number of aliphatic hydroxyl groups excluding tert-OH is 1. The quantitative estimate of drug-likeness (QED) is 0.115. The Balaban J connectivity index is 1.48. The zero-order valence-corrected chi connectivity index (χ0v) is 24.2. The van der Waals surface area contributed by atoms with E-state index in [1.807, 2.05) is 0 Å². The number of aliphatic hydroxyl groups is 1. The number of carbonyl (C=O) groups excluding carboxylic acids is 3. The summed E-state index contributed by atoms with van der Waals surface area (Å²) >= 11 is 6.01. The molecule has 0 spiro atoms. The van der Waals surface area contributed by atoms with Crippen LogP contribution in [0.3, 0.4) is 0 Å². The van der Waals surface area contributed by atoms with Gasteiger partial charge < -0.3 is 19.1 Å². The Bertz CT molecular complexity index is 1610. The van der Waals surface area contributed by atoms with Crippen LogP contribution in [0.1, 0.15) is 35.9 Å². The van der Waals surface area contributed by atoms with E-state index in [1.165, 1.54) is 47.5 Å². The second kappa shape index (κ2) is 15.2. The van der Waals surface area contributed by atoms with Crippen LogP contribution in [0.4, 0.5) is 8.78 Å². The second-order valence-electron chi connectivity index (χ2n) is 9.56. The smallest absolute Gasteiger partial charge is 0.339 e. The molecule has 0 aliphatic rings. The Kier molecular flexibility index (Phi) is 11.1. The summed E-state index contributed by atoms with van der Waals surface area (Å²) in [5.74, 6) is -3.74. The van der Waals surface area contributed by atoms with E-state index in [0.29, 0.717) is 28.1 Å². The molecule has 4 rings (SSSR count). The van der Waals surface area contributed by atoms with Crippen molar-refractivity contribution < 1.29 is 42.3 Å². The van der Waals surface area contributed by atoms with Gasteiger partial charge in [-0.2, -0.15) is 0 Å². The van der Waals surface area contributed by atoms with Gasteiger partial charge in [0.15, 0.2) is 6.10 Å². The standard InChI is InChI=1S/C31H28ClF2N3O7/c1-2-5-29(39)42-18-43-31(41)27(38)17-37(16-19-8-10-20(11-9-19)23-14-21(32)12-13-25(23)34)35-30(40)28-15-26(36-44-28)22-6-3-4-7-24(22)33/h3-4,6-15,27,38H,2,5,16-18H2,1H3,(H,35,40)/t27-/m1/s1. The Labute approximate surface area is 256 Å². The highest BCUT2D eigenvalue weighted by atomic mass is 35.5. The number of nitrogens with one attached hydrogen (secondary N) is 1. The lowest BCUT2D eigenvalue weighted by atomic mass is 10.0. The highest BCUT2D eigenvalue weighted by Crippen LogP contribution is 2.27. The molecule has 4 aromatic rings. The van der Waals surface area contributed by atoms with Crippen LogP contribution in [-0.2, 0) is 25.6 Å². The topological polar surface area (TPSA) is 131 Å². The summed E-state index contributed by atoms with van der Waals surface area (Å²) in [6.45, 7) is 0.614. The highest BCUT2D eigenvalue weighted by Gasteiger charge is 2.25. The molecule has 0 fully saturated rings. The summed E-state index contributed by atoms with van der Waals surface area (Å²) in [5, 5.41) is 15.9. The van der Waals surface area contributed by atoms with E-state index in [4.69, 9.17) is 25.6 Å².